The Hall–Kier alpha value is -1.94. The van der Waals surface area contributed by atoms with Gasteiger partial charge in [0.25, 0.3) is 0 Å². The highest BCUT2D eigenvalue weighted by Crippen LogP contribution is 2.20. The van der Waals surface area contributed by atoms with Crippen LogP contribution in [0.4, 0.5) is 0 Å². The highest BCUT2D eigenvalue weighted by molar-refractivity contribution is 6.50. The van der Waals surface area contributed by atoms with Crippen LogP contribution in [0.25, 0.3) is 5.70 Å². The van der Waals surface area contributed by atoms with E-state index in [1.165, 1.54) is 6.08 Å². The fraction of sp³-hybridized carbons (Fsp3) is 0. The molecular formula is C10H9NO3. The third kappa shape index (κ3) is 1.31. The van der Waals surface area contributed by atoms with Crippen molar-refractivity contribution in [1.82, 2.24) is 0 Å². The first-order chi connectivity index (χ1) is 6.20. The van der Waals surface area contributed by atoms with Crippen molar-refractivity contribution in [3.63, 3.8) is 0 Å². The van der Waals surface area contributed by atoms with Crippen molar-refractivity contribution in [3.05, 3.63) is 41.5 Å². The van der Waals surface area contributed by atoms with Crippen LogP contribution < -0.4 is 5.73 Å². The lowest BCUT2D eigenvalue weighted by molar-refractivity contribution is -0.111. The minimum absolute atomic E-state index is 0. The molecule has 1 aliphatic carbocycles. The van der Waals surface area contributed by atoms with Gasteiger partial charge in [0.2, 0.25) is 11.6 Å². The zero-order chi connectivity index (χ0) is 9.42. The molecule has 0 bridgehead atoms. The van der Waals surface area contributed by atoms with Crippen molar-refractivity contribution in [2.24, 2.45) is 5.73 Å². The minimum atomic E-state index is -0.545. The first-order valence-corrected chi connectivity index (χ1v) is 3.85. The molecule has 1 aliphatic rings. The minimum Gasteiger partial charge on any atom is -0.412 e. The first-order valence-electron chi connectivity index (χ1n) is 3.85. The lowest BCUT2D eigenvalue weighted by Crippen LogP contribution is -2.20. The number of fused-ring (bicyclic) bond motifs is 1. The molecule has 0 amide bonds. The van der Waals surface area contributed by atoms with Gasteiger partial charge in [0.1, 0.15) is 0 Å². The molecule has 0 radical (unpaired) electrons. The van der Waals surface area contributed by atoms with Gasteiger partial charge < -0.3 is 11.2 Å². The molecule has 72 valence electrons. The summed E-state index contributed by atoms with van der Waals surface area (Å²) in [5.41, 5.74) is 6.99. The molecule has 4 heteroatoms. The van der Waals surface area contributed by atoms with Crippen LogP contribution in [-0.2, 0) is 4.79 Å². The van der Waals surface area contributed by atoms with Crippen LogP contribution in [0, 0.1) is 0 Å². The maximum atomic E-state index is 11.3. The predicted octanol–water partition coefficient (Wildman–Crippen LogP) is -0.0731. The molecule has 0 saturated carbocycles. The largest absolute Gasteiger partial charge is 0.412 e. The predicted molar refractivity (Wildman–Crippen MR) is 51.6 cm³/mol. The molecule has 0 fully saturated rings. The van der Waals surface area contributed by atoms with E-state index in [-0.39, 0.29) is 5.48 Å². The van der Waals surface area contributed by atoms with Crippen molar-refractivity contribution in [3.8, 4) is 0 Å². The third-order valence-electron chi connectivity index (χ3n) is 1.99. The Morgan fingerprint density at radius 2 is 1.57 bits per heavy atom. The Bertz CT molecular complexity index is 435. The van der Waals surface area contributed by atoms with Crippen molar-refractivity contribution < 1.29 is 15.1 Å². The Morgan fingerprint density at radius 3 is 2.21 bits per heavy atom. The smallest absolute Gasteiger partial charge is 0.233 e. The molecule has 14 heavy (non-hydrogen) atoms. The first kappa shape index (κ1) is 10.1. The number of hydrogen-bond donors (Lipinski definition) is 1. The zero-order valence-corrected chi connectivity index (χ0v) is 7.28. The number of carbonyl (C=O) groups excluding carboxylic acids is 2. The molecular weight excluding hydrogens is 182 g/mol. The number of hydrogen-bond acceptors (Lipinski definition) is 3. The standard InChI is InChI=1S/C10H7NO2.H2O/c11-8-5-9(12)10(13)7-4-2-1-3-6(7)8;/h1-5H,11H2;1H2. The van der Waals surface area contributed by atoms with Gasteiger partial charge in [-0.1, -0.05) is 24.3 Å². The Labute approximate surface area is 80.3 Å². The number of allylic oxidation sites excluding steroid dienone is 1. The van der Waals surface area contributed by atoms with Crippen LogP contribution in [0.3, 0.4) is 0 Å². The third-order valence-corrected chi connectivity index (χ3v) is 1.99. The second-order valence-electron chi connectivity index (χ2n) is 2.84. The van der Waals surface area contributed by atoms with Gasteiger partial charge in [0.05, 0.1) is 0 Å². The molecule has 0 unspecified atom stereocenters. The summed E-state index contributed by atoms with van der Waals surface area (Å²) in [5, 5.41) is 0. The van der Waals surface area contributed by atoms with Crippen LogP contribution in [-0.4, -0.2) is 17.0 Å². The average molecular weight is 191 g/mol. The fourth-order valence-electron chi connectivity index (χ4n) is 1.35. The summed E-state index contributed by atoms with van der Waals surface area (Å²) in [5.74, 6) is -1.03. The average Bonchev–Trinajstić information content (AvgIpc) is 2.15. The number of Topliss-reactive ketones (excluding diaryl/α,β-unsaturated/α-hetero) is 1. The fourth-order valence-corrected chi connectivity index (χ4v) is 1.35. The molecule has 0 saturated heterocycles. The summed E-state index contributed by atoms with van der Waals surface area (Å²) in [6, 6.07) is 6.83. The Kier molecular flexibility index (Phi) is 2.49. The Morgan fingerprint density at radius 1 is 1.00 bits per heavy atom. The molecule has 0 aliphatic heterocycles. The van der Waals surface area contributed by atoms with E-state index in [1.807, 2.05) is 0 Å². The van der Waals surface area contributed by atoms with E-state index in [4.69, 9.17) is 5.73 Å². The lowest BCUT2D eigenvalue weighted by Gasteiger charge is -2.11. The summed E-state index contributed by atoms with van der Waals surface area (Å²) < 4.78 is 0. The van der Waals surface area contributed by atoms with Gasteiger partial charge in [-0.2, -0.15) is 0 Å². The van der Waals surface area contributed by atoms with Crippen LogP contribution in [0.1, 0.15) is 15.9 Å². The lowest BCUT2D eigenvalue weighted by atomic mass is 9.93. The van der Waals surface area contributed by atoms with E-state index in [0.29, 0.717) is 16.8 Å². The molecule has 0 atom stereocenters. The second-order valence-corrected chi connectivity index (χ2v) is 2.84. The van der Waals surface area contributed by atoms with Crippen molar-refractivity contribution in [2.45, 2.75) is 0 Å². The molecule has 0 aromatic heterocycles. The summed E-state index contributed by atoms with van der Waals surface area (Å²) in [7, 11) is 0. The molecule has 1 aromatic rings. The van der Waals surface area contributed by atoms with Gasteiger partial charge in [-0.05, 0) is 0 Å². The zero-order valence-electron chi connectivity index (χ0n) is 7.28. The topological polar surface area (TPSA) is 91.7 Å². The van der Waals surface area contributed by atoms with E-state index in [2.05, 4.69) is 0 Å². The summed E-state index contributed by atoms with van der Waals surface area (Å²) in [4.78, 5) is 22.4. The van der Waals surface area contributed by atoms with Crippen LogP contribution in [0.2, 0.25) is 0 Å². The van der Waals surface area contributed by atoms with Crippen molar-refractivity contribution in [2.75, 3.05) is 0 Å². The molecule has 0 spiro atoms. The van der Waals surface area contributed by atoms with E-state index in [1.54, 1.807) is 24.3 Å². The van der Waals surface area contributed by atoms with Crippen LogP contribution >= 0.6 is 0 Å². The second kappa shape index (κ2) is 3.43. The quantitative estimate of drug-likeness (QED) is 0.581. The summed E-state index contributed by atoms with van der Waals surface area (Å²) in [6.07, 6.45) is 1.17. The van der Waals surface area contributed by atoms with E-state index < -0.39 is 11.6 Å². The molecule has 1 aromatic carbocycles. The molecule has 4 nitrogen and oxygen atoms in total. The van der Waals surface area contributed by atoms with Gasteiger partial charge in [-0.3, -0.25) is 9.59 Å². The van der Waals surface area contributed by atoms with Gasteiger partial charge >= 0.3 is 0 Å². The van der Waals surface area contributed by atoms with Gasteiger partial charge in [-0.25, -0.2) is 0 Å². The van der Waals surface area contributed by atoms with Crippen LogP contribution in [0.15, 0.2) is 30.3 Å². The Balaban J connectivity index is 0.000000980. The van der Waals surface area contributed by atoms with E-state index in [0.717, 1.165) is 0 Å². The monoisotopic (exact) mass is 191 g/mol. The number of ketones is 2. The highest BCUT2D eigenvalue weighted by atomic mass is 16.2. The molecule has 0 heterocycles. The van der Waals surface area contributed by atoms with Crippen molar-refractivity contribution >= 4 is 17.3 Å². The summed E-state index contributed by atoms with van der Waals surface area (Å²) in [6.45, 7) is 0. The van der Waals surface area contributed by atoms with Gasteiger partial charge in [0, 0.05) is 22.9 Å². The molecule has 2 rings (SSSR count). The van der Waals surface area contributed by atoms with E-state index >= 15 is 0 Å². The molecule has 4 N–H and O–H groups in total. The SMILES string of the molecule is NC1=CC(=O)C(=O)c2ccccc21.O. The maximum Gasteiger partial charge on any atom is 0.233 e. The van der Waals surface area contributed by atoms with E-state index in [9.17, 15) is 9.59 Å². The maximum absolute atomic E-state index is 11.3. The highest BCUT2D eigenvalue weighted by Gasteiger charge is 2.23. The van der Waals surface area contributed by atoms with Crippen LogP contribution in [0.5, 0.6) is 0 Å². The normalized spacial score (nSPS) is 14.1. The van der Waals surface area contributed by atoms with Gasteiger partial charge in [0.15, 0.2) is 0 Å². The number of rotatable bonds is 0. The number of carbonyl (C=O) groups is 2. The number of benzene rings is 1. The van der Waals surface area contributed by atoms with Gasteiger partial charge in [-0.15, -0.1) is 0 Å². The van der Waals surface area contributed by atoms with Crippen molar-refractivity contribution in [1.29, 1.82) is 0 Å². The summed E-state index contributed by atoms with van der Waals surface area (Å²) >= 11 is 0. The number of nitrogens with two attached hydrogens (primary N) is 1.